The highest BCUT2D eigenvalue weighted by Crippen LogP contribution is 2.28. The van der Waals surface area contributed by atoms with Crippen molar-refractivity contribution in [3.8, 4) is 0 Å². The van der Waals surface area contributed by atoms with Crippen molar-refractivity contribution in [2.24, 2.45) is 0 Å². The molecule has 1 aromatic heterocycles. The van der Waals surface area contributed by atoms with Gasteiger partial charge < -0.3 is 9.64 Å². The van der Waals surface area contributed by atoms with Crippen LogP contribution >= 0.6 is 11.6 Å². The van der Waals surface area contributed by atoms with Crippen LogP contribution in [0.3, 0.4) is 0 Å². The van der Waals surface area contributed by atoms with Crippen molar-refractivity contribution in [3.05, 3.63) is 29.0 Å². The summed E-state index contributed by atoms with van der Waals surface area (Å²) in [7, 11) is 0. The first-order chi connectivity index (χ1) is 8.01. The van der Waals surface area contributed by atoms with E-state index in [9.17, 15) is 4.79 Å². The summed E-state index contributed by atoms with van der Waals surface area (Å²) in [6, 6.07) is 3.64. The van der Waals surface area contributed by atoms with Crippen molar-refractivity contribution in [2.45, 2.75) is 19.4 Å². The van der Waals surface area contributed by atoms with Crippen LogP contribution in [0.1, 0.15) is 19.4 Å². The van der Waals surface area contributed by atoms with Crippen LogP contribution in [-0.4, -0.2) is 35.5 Å². The summed E-state index contributed by atoms with van der Waals surface area (Å²) in [5, 5.41) is 0.456. The van der Waals surface area contributed by atoms with Gasteiger partial charge in [-0.1, -0.05) is 17.7 Å². The van der Waals surface area contributed by atoms with Crippen molar-refractivity contribution in [1.82, 2.24) is 9.88 Å². The molecule has 0 aliphatic carbocycles. The lowest BCUT2D eigenvalue weighted by atomic mass is 9.93. The summed E-state index contributed by atoms with van der Waals surface area (Å²) in [4.78, 5) is 17.7. The van der Waals surface area contributed by atoms with Gasteiger partial charge in [-0.05, 0) is 25.5 Å². The minimum Gasteiger partial charge on any atom is -0.370 e. The first kappa shape index (κ1) is 12.3. The third-order valence-electron chi connectivity index (χ3n) is 3.09. The molecule has 0 aromatic carbocycles. The summed E-state index contributed by atoms with van der Waals surface area (Å²) in [5.41, 5.74) is 0.579. The number of carbonyl (C=O) groups is 1. The molecule has 0 saturated carbocycles. The van der Waals surface area contributed by atoms with Crippen molar-refractivity contribution in [1.29, 1.82) is 0 Å². The molecule has 1 saturated heterocycles. The van der Waals surface area contributed by atoms with Crippen LogP contribution in [0.15, 0.2) is 18.3 Å². The maximum atomic E-state index is 11.8. The lowest BCUT2D eigenvalue weighted by Crippen LogP contribution is -2.51. The second-order valence-corrected chi connectivity index (χ2v) is 4.91. The summed E-state index contributed by atoms with van der Waals surface area (Å²) >= 11 is 5.76. The first-order valence-corrected chi connectivity index (χ1v) is 5.90. The number of hydrogen-bond acceptors (Lipinski definition) is 3. The molecule has 0 bridgehead atoms. The Morgan fingerprint density at radius 1 is 1.47 bits per heavy atom. The van der Waals surface area contributed by atoms with Gasteiger partial charge in [0.2, 0.25) is 5.91 Å². The van der Waals surface area contributed by atoms with E-state index in [0.29, 0.717) is 18.3 Å². The molecular weight excluding hydrogens is 240 g/mol. The van der Waals surface area contributed by atoms with Crippen LogP contribution < -0.4 is 0 Å². The Kier molecular flexibility index (Phi) is 3.35. The molecule has 1 fully saturated rings. The maximum absolute atomic E-state index is 11.8. The predicted molar refractivity (Wildman–Crippen MR) is 64.8 cm³/mol. The molecule has 17 heavy (non-hydrogen) atoms. The molecule has 1 aliphatic heterocycles. The minimum atomic E-state index is -0.390. The zero-order chi connectivity index (χ0) is 12.5. The minimum absolute atomic E-state index is 0.0104. The third kappa shape index (κ3) is 2.42. The van der Waals surface area contributed by atoms with Gasteiger partial charge in [0.1, 0.15) is 11.8 Å². The number of halogens is 1. The Morgan fingerprint density at radius 3 is 2.82 bits per heavy atom. The number of aromatic nitrogens is 1. The van der Waals surface area contributed by atoms with Crippen molar-refractivity contribution < 1.29 is 9.53 Å². The van der Waals surface area contributed by atoms with E-state index in [2.05, 4.69) is 4.98 Å². The summed E-state index contributed by atoms with van der Waals surface area (Å²) in [6.45, 7) is 5.34. The normalized spacial score (nSPS) is 17.4. The van der Waals surface area contributed by atoms with Gasteiger partial charge in [-0.2, -0.15) is 0 Å². The standard InChI is InChI=1S/C12H15ClN2O2/c1-12(2,9-3-4-10(13)14-7-9)15-5-6-17-8-11(15)16/h3-4,7H,5-6,8H2,1-2H3. The molecule has 1 aromatic rings. The van der Waals surface area contributed by atoms with E-state index in [1.807, 2.05) is 24.8 Å². The molecule has 0 atom stereocenters. The molecule has 0 radical (unpaired) electrons. The molecule has 1 amide bonds. The summed E-state index contributed by atoms with van der Waals surface area (Å²) in [6.07, 6.45) is 1.71. The van der Waals surface area contributed by atoms with Crippen LogP contribution in [0.2, 0.25) is 5.15 Å². The van der Waals surface area contributed by atoms with Gasteiger partial charge in [0.05, 0.1) is 12.1 Å². The van der Waals surface area contributed by atoms with Crippen LogP contribution in [0, 0.1) is 0 Å². The number of hydrogen-bond donors (Lipinski definition) is 0. The molecule has 0 spiro atoms. The highest BCUT2D eigenvalue weighted by Gasteiger charge is 2.34. The molecular formula is C12H15ClN2O2. The zero-order valence-electron chi connectivity index (χ0n) is 9.94. The fourth-order valence-corrected chi connectivity index (χ4v) is 2.11. The molecule has 1 aliphatic rings. The number of morpholine rings is 1. The van der Waals surface area contributed by atoms with Gasteiger partial charge in [-0.3, -0.25) is 4.79 Å². The van der Waals surface area contributed by atoms with Crippen LogP contribution in [0.4, 0.5) is 0 Å². The number of amides is 1. The van der Waals surface area contributed by atoms with Crippen molar-refractivity contribution >= 4 is 17.5 Å². The van der Waals surface area contributed by atoms with Gasteiger partial charge in [0, 0.05) is 12.7 Å². The van der Waals surface area contributed by atoms with E-state index in [1.54, 1.807) is 12.3 Å². The Balaban J connectivity index is 2.28. The highest BCUT2D eigenvalue weighted by atomic mass is 35.5. The van der Waals surface area contributed by atoms with Gasteiger partial charge in [-0.25, -0.2) is 4.98 Å². The Labute approximate surface area is 106 Å². The first-order valence-electron chi connectivity index (χ1n) is 5.52. The quantitative estimate of drug-likeness (QED) is 0.757. The van der Waals surface area contributed by atoms with Crippen molar-refractivity contribution in [2.75, 3.05) is 19.8 Å². The van der Waals surface area contributed by atoms with Gasteiger partial charge in [0.25, 0.3) is 0 Å². The van der Waals surface area contributed by atoms with Crippen molar-refractivity contribution in [3.63, 3.8) is 0 Å². The second-order valence-electron chi connectivity index (χ2n) is 4.53. The van der Waals surface area contributed by atoms with Gasteiger partial charge in [0.15, 0.2) is 0 Å². The van der Waals surface area contributed by atoms with Crippen LogP contribution in [0.25, 0.3) is 0 Å². The van der Waals surface area contributed by atoms with Gasteiger partial charge >= 0.3 is 0 Å². The van der Waals surface area contributed by atoms with Crippen LogP contribution in [-0.2, 0) is 15.1 Å². The van der Waals surface area contributed by atoms with Gasteiger partial charge in [-0.15, -0.1) is 0 Å². The third-order valence-corrected chi connectivity index (χ3v) is 3.32. The zero-order valence-corrected chi connectivity index (χ0v) is 10.7. The summed E-state index contributed by atoms with van der Waals surface area (Å²) < 4.78 is 5.13. The Hall–Kier alpha value is -1.13. The van der Waals surface area contributed by atoms with E-state index in [-0.39, 0.29) is 12.5 Å². The molecule has 5 heteroatoms. The second kappa shape index (κ2) is 4.63. The lowest BCUT2D eigenvalue weighted by Gasteiger charge is -2.41. The average molecular weight is 255 g/mol. The largest absolute Gasteiger partial charge is 0.370 e. The van der Waals surface area contributed by atoms with E-state index in [0.717, 1.165) is 5.56 Å². The smallest absolute Gasteiger partial charge is 0.249 e. The molecule has 0 unspecified atom stereocenters. The Morgan fingerprint density at radius 2 is 2.24 bits per heavy atom. The summed E-state index contributed by atoms with van der Waals surface area (Å²) in [5.74, 6) is 0.0104. The fourth-order valence-electron chi connectivity index (χ4n) is 2.00. The molecule has 92 valence electrons. The molecule has 4 nitrogen and oxygen atoms in total. The number of rotatable bonds is 2. The SMILES string of the molecule is CC(C)(c1ccc(Cl)nc1)N1CCOCC1=O. The number of nitrogens with zero attached hydrogens (tertiary/aromatic N) is 2. The Bertz CT molecular complexity index is 417. The monoisotopic (exact) mass is 254 g/mol. The lowest BCUT2D eigenvalue weighted by molar-refractivity contribution is -0.150. The average Bonchev–Trinajstić information content (AvgIpc) is 2.30. The predicted octanol–water partition coefficient (Wildman–Crippen LogP) is 1.83. The topological polar surface area (TPSA) is 42.4 Å². The van der Waals surface area contributed by atoms with E-state index >= 15 is 0 Å². The fraction of sp³-hybridized carbons (Fsp3) is 0.500. The maximum Gasteiger partial charge on any atom is 0.249 e. The van der Waals surface area contributed by atoms with E-state index < -0.39 is 5.54 Å². The highest BCUT2D eigenvalue weighted by molar-refractivity contribution is 6.29. The number of pyridine rings is 1. The molecule has 0 N–H and O–H groups in total. The van der Waals surface area contributed by atoms with E-state index in [4.69, 9.17) is 16.3 Å². The van der Waals surface area contributed by atoms with Crippen LogP contribution in [0.5, 0.6) is 0 Å². The van der Waals surface area contributed by atoms with E-state index in [1.165, 1.54) is 0 Å². The number of ether oxygens (including phenoxy) is 1. The molecule has 2 rings (SSSR count). The number of carbonyl (C=O) groups excluding carboxylic acids is 1. The molecule has 2 heterocycles.